The van der Waals surface area contributed by atoms with Gasteiger partial charge in [0.15, 0.2) is 5.69 Å². The molecular weight excluding hydrogens is 392 g/mol. The molecule has 1 aromatic heterocycles. The Balaban J connectivity index is 1.49. The minimum Gasteiger partial charge on any atom is -0.494 e. The molecule has 2 amide bonds. The number of benzene rings is 2. The third-order valence-electron chi connectivity index (χ3n) is 5.45. The molecule has 1 aliphatic heterocycles. The number of aromatic nitrogens is 2. The molecule has 0 fully saturated rings. The number of amides is 2. The second-order valence-corrected chi connectivity index (χ2v) is 7.50. The van der Waals surface area contributed by atoms with Crippen LogP contribution in [0.4, 0.5) is 0 Å². The Hall–Kier alpha value is -3.61. The van der Waals surface area contributed by atoms with E-state index < -0.39 is 0 Å². The Bertz CT molecular complexity index is 1070. The summed E-state index contributed by atoms with van der Waals surface area (Å²) in [4.78, 5) is 27.7. The predicted molar refractivity (Wildman–Crippen MR) is 117 cm³/mol. The van der Waals surface area contributed by atoms with Crippen LogP contribution >= 0.6 is 0 Å². The monoisotopic (exact) mass is 418 g/mol. The van der Waals surface area contributed by atoms with E-state index in [1.54, 1.807) is 33.8 Å². The lowest BCUT2D eigenvalue weighted by atomic mass is 10.0. The van der Waals surface area contributed by atoms with Gasteiger partial charge in [0.2, 0.25) is 0 Å². The highest BCUT2D eigenvalue weighted by Gasteiger charge is 2.29. The number of carbonyl (C=O) groups is 2. The van der Waals surface area contributed by atoms with Crippen LogP contribution in [0.25, 0.3) is 0 Å². The number of nitrogens with one attached hydrogen (secondary N) is 1. The van der Waals surface area contributed by atoms with Crippen molar-refractivity contribution in [2.75, 3.05) is 13.2 Å². The van der Waals surface area contributed by atoms with E-state index in [-0.39, 0.29) is 11.8 Å². The van der Waals surface area contributed by atoms with Crippen molar-refractivity contribution in [3.8, 4) is 5.75 Å². The Labute approximate surface area is 181 Å². The van der Waals surface area contributed by atoms with Crippen LogP contribution in [-0.4, -0.2) is 39.6 Å². The van der Waals surface area contributed by atoms with Gasteiger partial charge in [-0.05, 0) is 36.8 Å². The molecule has 4 rings (SSSR count). The summed E-state index contributed by atoms with van der Waals surface area (Å²) in [7, 11) is 1.84. The van der Waals surface area contributed by atoms with Crippen LogP contribution in [0.3, 0.4) is 0 Å². The summed E-state index contributed by atoms with van der Waals surface area (Å²) in [5.74, 6) is 0.453. The molecule has 0 atom stereocenters. The molecule has 0 spiro atoms. The molecular formula is C24H26N4O3. The van der Waals surface area contributed by atoms with Crippen molar-refractivity contribution >= 4 is 11.8 Å². The van der Waals surface area contributed by atoms with E-state index >= 15 is 0 Å². The van der Waals surface area contributed by atoms with E-state index in [1.807, 2.05) is 44.3 Å². The first-order chi connectivity index (χ1) is 15.1. The second kappa shape index (κ2) is 9.04. The van der Waals surface area contributed by atoms with Crippen molar-refractivity contribution in [2.45, 2.75) is 26.4 Å². The first-order valence-electron chi connectivity index (χ1n) is 10.5. The fraction of sp³-hybridized carbons (Fsp3) is 0.292. The molecule has 3 aromatic rings. The zero-order valence-electron chi connectivity index (χ0n) is 17.8. The molecule has 1 aliphatic rings. The minimum atomic E-state index is -0.226. The fourth-order valence-corrected chi connectivity index (χ4v) is 3.85. The number of carbonyl (C=O) groups excluding carboxylic acids is 2. The summed E-state index contributed by atoms with van der Waals surface area (Å²) in [6.07, 6.45) is 0.660. The molecule has 2 heterocycles. The number of hydrogen-bond acceptors (Lipinski definition) is 4. The smallest absolute Gasteiger partial charge is 0.272 e. The number of nitrogens with zero attached hydrogens (tertiary/aromatic N) is 3. The highest BCUT2D eigenvalue weighted by Crippen LogP contribution is 2.24. The van der Waals surface area contributed by atoms with E-state index in [4.69, 9.17) is 4.74 Å². The van der Waals surface area contributed by atoms with E-state index in [0.717, 1.165) is 22.6 Å². The van der Waals surface area contributed by atoms with Crippen LogP contribution in [0.2, 0.25) is 0 Å². The maximum atomic E-state index is 13.0. The number of rotatable bonds is 6. The zero-order chi connectivity index (χ0) is 21.8. The normalized spacial score (nSPS) is 12.9. The van der Waals surface area contributed by atoms with Gasteiger partial charge in [-0.1, -0.05) is 30.3 Å². The van der Waals surface area contributed by atoms with E-state index in [1.165, 1.54) is 0 Å². The van der Waals surface area contributed by atoms with Gasteiger partial charge in [0, 0.05) is 43.4 Å². The summed E-state index contributed by atoms with van der Waals surface area (Å²) in [6.45, 7) is 3.89. The highest BCUT2D eigenvalue weighted by molar-refractivity contribution is 5.96. The first kappa shape index (κ1) is 20.7. The molecule has 31 heavy (non-hydrogen) atoms. The van der Waals surface area contributed by atoms with Gasteiger partial charge in [0.25, 0.3) is 11.8 Å². The van der Waals surface area contributed by atoms with Gasteiger partial charge in [-0.25, -0.2) is 0 Å². The molecule has 0 unspecified atom stereocenters. The van der Waals surface area contributed by atoms with Crippen LogP contribution in [0.15, 0.2) is 54.6 Å². The van der Waals surface area contributed by atoms with Gasteiger partial charge >= 0.3 is 0 Å². The van der Waals surface area contributed by atoms with Crippen molar-refractivity contribution in [1.82, 2.24) is 20.0 Å². The molecule has 0 bridgehead atoms. The standard InChI is InChI=1S/C24H26N4O3/c1-3-31-19-11-9-18(10-12-19)24(30)28-14-13-21-20(16-28)22(26-27(21)2)23(29)25-15-17-7-5-4-6-8-17/h4-12H,3,13-16H2,1-2H3,(H,25,29). The van der Waals surface area contributed by atoms with Gasteiger partial charge in [0.05, 0.1) is 13.2 Å². The highest BCUT2D eigenvalue weighted by atomic mass is 16.5. The first-order valence-corrected chi connectivity index (χ1v) is 10.5. The Morgan fingerprint density at radius 1 is 1.10 bits per heavy atom. The average Bonchev–Trinajstić information content (AvgIpc) is 3.14. The van der Waals surface area contributed by atoms with E-state index in [9.17, 15) is 9.59 Å². The van der Waals surface area contributed by atoms with Crippen LogP contribution in [-0.2, 0) is 26.6 Å². The summed E-state index contributed by atoms with van der Waals surface area (Å²) in [5, 5.41) is 7.39. The summed E-state index contributed by atoms with van der Waals surface area (Å²) >= 11 is 0. The van der Waals surface area contributed by atoms with Crippen molar-refractivity contribution in [1.29, 1.82) is 0 Å². The van der Waals surface area contributed by atoms with Gasteiger partial charge in [0.1, 0.15) is 5.75 Å². The molecule has 2 aromatic carbocycles. The van der Waals surface area contributed by atoms with Gasteiger partial charge < -0.3 is 15.0 Å². The molecule has 7 nitrogen and oxygen atoms in total. The third kappa shape index (κ3) is 4.45. The summed E-state index contributed by atoms with van der Waals surface area (Å²) in [6, 6.07) is 16.9. The zero-order valence-corrected chi connectivity index (χ0v) is 17.8. The average molecular weight is 418 g/mol. The number of ether oxygens (including phenoxy) is 1. The Kier molecular flexibility index (Phi) is 6.02. The molecule has 1 N–H and O–H groups in total. The van der Waals surface area contributed by atoms with Crippen LogP contribution in [0.1, 0.15) is 44.6 Å². The number of aryl methyl sites for hydroxylation is 1. The summed E-state index contributed by atoms with van der Waals surface area (Å²) in [5.41, 5.74) is 3.83. The maximum Gasteiger partial charge on any atom is 0.272 e. The molecule has 160 valence electrons. The van der Waals surface area contributed by atoms with E-state index in [0.29, 0.717) is 43.9 Å². The minimum absolute atomic E-state index is 0.0619. The maximum absolute atomic E-state index is 13.0. The third-order valence-corrected chi connectivity index (χ3v) is 5.45. The second-order valence-electron chi connectivity index (χ2n) is 7.50. The Morgan fingerprint density at radius 2 is 1.84 bits per heavy atom. The van der Waals surface area contributed by atoms with Gasteiger partial charge in [-0.2, -0.15) is 5.10 Å². The van der Waals surface area contributed by atoms with Crippen molar-refractivity contribution < 1.29 is 14.3 Å². The molecule has 0 saturated heterocycles. The summed E-state index contributed by atoms with van der Waals surface area (Å²) < 4.78 is 7.21. The SMILES string of the molecule is CCOc1ccc(C(=O)N2CCc3c(c(C(=O)NCc4ccccc4)nn3C)C2)cc1. The Morgan fingerprint density at radius 3 is 2.55 bits per heavy atom. The van der Waals surface area contributed by atoms with Gasteiger partial charge in [-0.15, -0.1) is 0 Å². The van der Waals surface area contributed by atoms with Crippen LogP contribution in [0, 0.1) is 0 Å². The fourth-order valence-electron chi connectivity index (χ4n) is 3.85. The largest absolute Gasteiger partial charge is 0.494 e. The van der Waals surface area contributed by atoms with E-state index in [2.05, 4.69) is 10.4 Å². The van der Waals surface area contributed by atoms with Gasteiger partial charge in [-0.3, -0.25) is 14.3 Å². The molecule has 0 radical (unpaired) electrons. The van der Waals surface area contributed by atoms with Crippen molar-refractivity contribution in [3.63, 3.8) is 0 Å². The lowest BCUT2D eigenvalue weighted by molar-refractivity contribution is 0.0730. The predicted octanol–water partition coefficient (Wildman–Crippen LogP) is 2.95. The molecule has 0 aliphatic carbocycles. The lowest BCUT2D eigenvalue weighted by Crippen LogP contribution is -2.37. The quantitative estimate of drug-likeness (QED) is 0.668. The van der Waals surface area contributed by atoms with Crippen molar-refractivity contribution in [2.24, 2.45) is 7.05 Å². The topological polar surface area (TPSA) is 76.5 Å². The number of fused-ring (bicyclic) bond motifs is 1. The molecule has 0 saturated carbocycles. The molecule has 7 heteroatoms. The number of hydrogen-bond donors (Lipinski definition) is 1. The van der Waals surface area contributed by atoms with Crippen LogP contribution < -0.4 is 10.1 Å². The lowest BCUT2D eigenvalue weighted by Gasteiger charge is -2.27. The van der Waals surface area contributed by atoms with Crippen LogP contribution in [0.5, 0.6) is 5.75 Å². The van der Waals surface area contributed by atoms with Crippen molar-refractivity contribution in [3.05, 3.63) is 82.7 Å².